The molecule has 2 aromatic heterocycles. The lowest BCUT2D eigenvalue weighted by Crippen LogP contribution is -1.99. The number of nitrogen functional groups attached to an aromatic ring is 1. The van der Waals surface area contributed by atoms with E-state index in [1.165, 1.54) is 0 Å². The van der Waals surface area contributed by atoms with Gasteiger partial charge in [-0.3, -0.25) is 4.98 Å². The van der Waals surface area contributed by atoms with Gasteiger partial charge in [-0.05, 0) is 12.1 Å². The highest BCUT2D eigenvalue weighted by Crippen LogP contribution is 2.04. The lowest BCUT2D eigenvalue weighted by atomic mass is 10.3. The van der Waals surface area contributed by atoms with Crippen LogP contribution in [0.4, 0.5) is 5.69 Å². The minimum absolute atomic E-state index is 0.713. The second-order valence-electron chi connectivity index (χ2n) is 2.82. The highest BCUT2D eigenvalue weighted by molar-refractivity contribution is 5.37. The van der Waals surface area contributed by atoms with Gasteiger partial charge >= 0.3 is 0 Å². The molecular weight excluding hydrogens is 164 g/mol. The van der Waals surface area contributed by atoms with Gasteiger partial charge < -0.3 is 10.3 Å². The first-order chi connectivity index (χ1) is 6.34. The normalized spacial score (nSPS) is 10.2. The number of hydrogen-bond donors (Lipinski definition) is 1. The fourth-order valence-corrected chi connectivity index (χ4v) is 1.15. The summed E-state index contributed by atoms with van der Waals surface area (Å²) in [5, 5.41) is 0. The molecule has 4 nitrogen and oxygen atoms in total. The largest absolute Gasteiger partial charge is 0.399 e. The Morgan fingerprint density at radius 1 is 1.38 bits per heavy atom. The van der Waals surface area contributed by atoms with Crippen molar-refractivity contribution < 1.29 is 0 Å². The molecule has 2 aromatic rings. The van der Waals surface area contributed by atoms with E-state index in [4.69, 9.17) is 5.73 Å². The zero-order valence-electron chi connectivity index (χ0n) is 7.09. The SMILES string of the molecule is Nc1ccnc(Cn2ccnc2)c1. The number of pyridine rings is 1. The molecule has 0 radical (unpaired) electrons. The van der Waals surface area contributed by atoms with Gasteiger partial charge in [0.15, 0.2) is 0 Å². The predicted octanol–water partition coefficient (Wildman–Crippen LogP) is 0.909. The highest BCUT2D eigenvalue weighted by atomic mass is 15.0. The number of nitrogens with two attached hydrogens (primary N) is 1. The summed E-state index contributed by atoms with van der Waals surface area (Å²) < 4.78 is 1.95. The van der Waals surface area contributed by atoms with Crippen LogP contribution in [0.3, 0.4) is 0 Å². The van der Waals surface area contributed by atoms with E-state index in [-0.39, 0.29) is 0 Å². The molecular formula is C9H10N4. The maximum Gasteiger partial charge on any atom is 0.0949 e. The van der Waals surface area contributed by atoms with Crippen LogP contribution in [-0.4, -0.2) is 14.5 Å². The van der Waals surface area contributed by atoms with Gasteiger partial charge in [-0.1, -0.05) is 0 Å². The van der Waals surface area contributed by atoms with Crippen LogP contribution in [0.25, 0.3) is 0 Å². The van der Waals surface area contributed by atoms with Crippen LogP contribution in [0.15, 0.2) is 37.1 Å². The van der Waals surface area contributed by atoms with Crippen LogP contribution in [0.5, 0.6) is 0 Å². The van der Waals surface area contributed by atoms with Crippen molar-refractivity contribution >= 4 is 5.69 Å². The van der Waals surface area contributed by atoms with Crippen molar-refractivity contribution in [2.45, 2.75) is 6.54 Å². The number of anilines is 1. The number of rotatable bonds is 2. The summed E-state index contributed by atoms with van der Waals surface area (Å²) >= 11 is 0. The van der Waals surface area contributed by atoms with Crippen molar-refractivity contribution in [1.29, 1.82) is 0 Å². The first kappa shape index (κ1) is 7.79. The Morgan fingerprint density at radius 2 is 2.31 bits per heavy atom. The second-order valence-corrected chi connectivity index (χ2v) is 2.82. The Hall–Kier alpha value is -1.84. The van der Waals surface area contributed by atoms with Gasteiger partial charge in [0.05, 0.1) is 18.6 Å². The van der Waals surface area contributed by atoms with Crippen molar-refractivity contribution in [1.82, 2.24) is 14.5 Å². The fourth-order valence-electron chi connectivity index (χ4n) is 1.15. The Morgan fingerprint density at radius 3 is 3.00 bits per heavy atom. The summed E-state index contributed by atoms with van der Waals surface area (Å²) in [7, 11) is 0. The smallest absolute Gasteiger partial charge is 0.0949 e. The van der Waals surface area contributed by atoms with Crippen molar-refractivity contribution in [2.24, 2.45) is 0 Å². The van der Waals surface area contributed by atoms with Gasteiger partial charge in [-0.25, -0.2) is 4.98 Å². The molecule has 0 atom stereocenters. The predicted molar refractivity (Wildman–Crippen MR) is 50.0 cm³/mol. The number of hydrogen-bond acceptors (Lipinski definition) is 3. The standard InChI is InChI=1S/C9H10N4/c10-8-1-2-12-9(5-8)6-13-4-3-11-7-13/h1-5,7H,6H2,(H2,10,12). The molecule has 0 aliphatic heterocycles. The van der Waals surface area contributed by atoms with E-state index < -0.39 is 0 Å². The Bertz CT molecular complexity index is 380. The van der Waals surface area contributed by atoms with Crippen molar-refractivity contribution in [3.05, 3.63) is 42.7 Å². The number of imidazole rings is 1. The maximum absolute atomic E-state index is 5.62. The number of aromatic nitrogens is 3. The average molecular weight is 174 g/mol. The first-order valence-corrected chi connectivity index (χ1v) is 4.01. The molecule has 4 heteroatoms. The molecule has 0 unspecified atom stereocenters. The number of nitrogens with zero attached hydrogens (tertiary/aromatic N) is 3. The van der Waals surface area contributed by atoms with Gasteiger partial charge in [0, 0.05) is 24.3 Å². The van der Waals surface area contributed by atoms with E-state index >= 15 is 0 Å². The van der Waals surface area contributed by atoms with Crippen LogP contribution in [0.1, 0.15) is 5.69 Å². The van der Waals surface area contributed by atoms with Gasteiger partial charge in [-0.15, -0.1) is 0 Å². The molecule has 2 rings (SSSR count). The summed E-state index contributed by atoms with van der Waals surface area (Å²) in [4.78, 5) is 8.13. The molecule has 0 spiro atoms. The molecule has 0 amide bonds. The van der Waals surface area contributed by atoms with E-state index in [0.29, 0.717) is 6.54 Å². The first-order valence-electron chi connectivity index (χ1n) is 4.01. The van der Waals surface area contributed by atoms with Crippen LogP contribution in [-0.2, 0) is 6.54 Å². The molecule has 0 saturated heterocycles. The van der Waals surface area contributed by atoms with E-state index in [1.807, 2.05) is 16.8 Å². The van der Waals surface area contributed by atoms with E-state index in [1.54, 1.807) is 24.8 Å². The lowest BCUT2D eigenvalue weighted by Gasteiger charge is -2.01. The maximum atomic E-state index is 5.62. The van der Waals surface area contributed by atoms with Crippen molar-refractivity contribution in [2.75, 3.05) is 5.73 Å². The highest BCUT2D eigenvalue weighted by Gasteiger charge is 1.95. The summed E-state index contributed by atoms with van der Waals surface area (Å²) in [5.41, 5.74) is 7.31. The monoisotopic (exact) mass is 174 g/mol. The molecule has 0 bridgehead atoms. The third kappa shape index (κ3) is 1.84. The van der Waals surface area contributed by atoms with Gasteiger partial charge in [0.25, 0.3) is 0 Å². The third-order valence-corrected chi connectivity index (χ3v) is 1.74. The third-order valence-electron chi connectivity index (χ3n) is 1.74. The Balaban J connectivity index is 2.19. The van der Waals surface area contributed by atoms with Gasteiger partial charge in [-0.2, -0.15) is 0 Å². The van der Waals surface area contributed by atoms with Crippen LogP contribution in [0.2, 0.25) is 0 Å². The van der Waals surface area contributed by atoms with Crippen LogP contribution >= 0.6 is 0 Å². The quantitative estimate of drug-likeness (QED) is 0.736. The molecule has 0 fully saturated rings. The second kappa shape index (κ2) is 3.26. The van der Waals surface area contributed by atoms with Crippen LogP contribution in [0, 0.1) is 0 Å². The summed E-state index contributed by atoms with van der Waals surface area (Å²) in [6, 6.07) is 3.64. The van der Waals surface area contributed by atoms with E-state index in [9.17, 15) is 0 Å². The van der Waals surface area contributed by atoms with Crippen molar-refractivity contribution in [3.8, 4) is 0 Å². The molecule has 0 aromatic carbocycles. The summed E-state index contributed by atoms with van der Waals surface area (Å²) in [6.07, 6.45) is 7.10. The minimum atomic E-state index is 0.713. The zero-order valence-corrected chi connectivity index (χ0v) is 7.09. The Labute approximate surface area is 76.1 Å². The zero-order chi connectivity index (χ0) is 9.10. The minimum Gasteiger partial charge on any atom is -0.399 e. The van der Waals surface area contributed by atoms with Crippen LogP contribution < -0.4 is 5.73 Å². The topological polar surface area (TPSA) is 56.7 Å². The van der Waals surface area contributed by atoms with E-state index in [0.717, 1.165) is 11.4 Å². The molecule has 2 N–H and O–H groups in total. The summed E-state index contributed by atoms with van der Waals surface area (Å²) in [6.45, 7) is 0.713. The molecule has 2 heterocycles. The molecule has 0 saturated carbocycles. The molecule has 66 valence electrons. The van der Waals surface area contributed by atoms with Gasteiger partial charge in [0.1, 0.15) is 0 Å². The molecule has 13 heavy (non-hydrogen) atoms. The molecule has 0 aliphatic rings. The Kier molecular flexibility index (Phi) is 1.96. The summed E-state index contributed by atoms with van der Waals surface area (Å²) in [5.74, 6) is 0. The molecule has 0 aliphatic carbocycles. The van der Waals surface area contributed by atoms with Crippen molar-refractivity contribution in [3.63, 3.8) is 0 Å². The van der Waals surface area contributed by atoms with E-state index in [2.05, 4.69) is 9.97 Å². The fraction of sp³-hybridized carbons (Fsp3) is 0.111. The van der Waals surface area contributed by atoms with Gasteiger partial charge in [0.2, 0.25) is 0 Å². The lowest BCUT2D eigenvalue weighted by molar-refractivity contribution is 0.773. The average Bonchev–Trinajstić information content (AvgIpc) is 2.57.